The molecule has 0 saturated heterocycles. The van der Waals surface area contributed by atoms with E-state index in [1.54, 1.807) is 24.3 Å². The molecule has 0 amide bonds. The van der Waals surface area contributed by atoms with Gasteiger partial charge < -0.3 is 14.8 Å². The van der Waals surface area contributed by atoms with Crippen LogP contribution in [0.4, 0.5) is 10.3 Å². The van der Waals surface area contributed by atoms with Crippen LogP contribution in [-0.2, 0) is 0 Å². The van der Waals surface area contributed by atoms with Crippen molar-refractivity contribution in [3.05, 3.63) is 36.3 Å². The van der Waals surface area contributed by atoms with Gasteiger partial charge in [0.2, 0.25) is 11.8 Å². The predicted octanol–water partition coefficient (Wildman–Crippen LogP) is 3.24. The van der Waals surface area contributed by atoms with Crippen molar-refractivity contribution >= 4 is 5.95 Å². The van der Waals surface area contributed by atoms with Crippen LogP contribution < -0.4 is 14.8 Å². The second kappa shape index (κ2) is 6.70. The number of rotatable bonds is 6. The average molecular weight is 277 g/mol. The molecule has 1 heterocycles. The van der Waals surface area contributed by atoms with Crippen LogP contribution in [0.2, 0.25) is 0 Å². The van der Waals surface area contributed by atoms with Gasteiger partial charge in [-0.2, -0.15) is 9.37 Å². The summed E-state index contributed by atoms with van der Waals surface area (Å²) in [6.45, 7) is 2.72. The summed E-state index contributed by atoms with van der Waals surface area (Å²) in [4.78, 5) is 7.86. The maximum absolute atomic E-state index is 13.7. The summed E-state index contributed by atoms with van der Waals surface area (Å²) in [5.74, 6) is 0.474. The van der Waals surface area contributed by atoms with E-state index in [0.29, 0.717) is 24.0 Å². The largest absolute Gasteiger partial charge is 0.493 e. The Morgan fingerprint density at radius 3 is 2.70 bits per heavy atom. The molecular weight excluding hydrogens is 261 g/mol. The van der Waals surface area contributed by atoms with Crippen molar-refractivity contribution in [1.29, 1.82) is 0 Å². The minimum atomic E-state index is -0.627. The quantitative estimate of drug-likeness (QED) is 0.878. The summed E-state index contributed by atoms with van der Waals surface area (Å²) in [5.41, 5.74) is 0. The van der Waals surface area contributed by atoms with E-state index in [4.69, 9.17) is 9.47 Å². The van der Waals surface area contributed by atoms with Crippen molar-refractivity contribution in [2.75, 3.05) is 19.0 Å². The van der Waals surface area contributed by atoms with Crippen molar-refractivity contribution < 1.29 is 13.9 Å². The highest BCUT2D eigenvalue weighted by Crippen LogP contribution is 2.31. The molecule has 0 unspecified atom stereocenters. The van der Waals surface area contributed by atoms with Crippen LogP contribution in [0.1, 0.15) is 13.3 Å². The summed E-state index contributed by atoms with van der Waals surface area (Å²) >= 11 is 0. The highest BCUT2D eigenvalue weighted by atomic mass is 19.1. The van der Waals surface area contributed by atoms with Crippen LogP contribution in [-0.4, -0.2) is 23.6 Å². The Morgan fingerprint density at radius 1 is 1.25 bits per heavy atom. The molecule has 1 N–H and O–H groups in total. The molecule has 6 heteroatoms. The molecule has 0 radical (unpaired) electrons. The number of benzene rings is 1. The van der Waals surface area contributed by atoms with Gasteiger partial charge in [0.05, 0.1) is 13.3 Å². The molecule has 0 fully saturated rings. The topological polar surface area (TPSA) is 56.3 Å². The molecule has 0 spiro atoms. The fourth-order valence-corrected chi connectivity index (χ4v) is 1.55. The summed E-state index contributed by atoms with van der Waals surface area (Å²) in [6.07, 6.45) is 2.00. The standard InChI is InChI=1S/C14H16FN3O2/c1-3-8-16-14-17-9-10(15)13(18-14)20-12-7-5-4-6-11(12)19-2/h4-7,9H,3,8H2,1-2H3,(H,16,17,18). The van der Waals surface area contributed by atoms with E-state index in [9.17, 15) is 4.39 Å². The minimum absolute atomic E-state index is 0.136. The van der Waals surface area contributed by atoms with Crippen LogP contribution >= 0.6 is 0 Å². The molecule has 20 heavy (non-hydrogen) atoms. The molecule has 0 saturated carbocycles. The van der Waals surface area contributed by atoms with Gasteiger partial charge in [-0.25, -0.2) is 4.98 Å². The molecule has 1 aromatic heterocycles. The van der Waals surface area contributed by atoms with Gasteiger partial charge in [-0.1, -0.05) is 19.1 Å². The first-order valence-electron chi connectivity index (χ1n) is 6.32. The smallest absolute Gasteiger partial charge is 0.261 e. The van der Waals surface area contributed by atoms with Gasteiger partial charge in [0.1, 0.15) is 0 Å². The summed E-state index contributed by atoms with van der Waals surface area (Å²) in [5, 5.41) is 2.98. The summed E-state index contributed by atoms with van der Waals surface area (Å²) in [6, 6.07) is 6.98. The third-order valence-corrected chi connectivity index (χ3v) is 2.52. The second-order valence-corrected chi connectivity index (χ2v) is 4.03. The van der Waals surface area contributed by atoms with E-state index in [2.05, 4.69) is 15.3 Å². The van der Waals surface area contributed by atoms with Crippen LogP contribution in [0.3, 0.4) is 0 Å². The van der Waals surface area contributed by atoms with Gasteiger partial charge in [-0.3, -0.25) is 0 Å². The number of hydrogen-bond acceptors (Lipinski definition) is 5. The molecule has 1 aromatic carbocycles. The molecule has 106 valence electrons. The predicted molar refractivity (Wildman–Crippen MR) is 73.8 cm³/mol. The monoisotopic (exact) mass is 277 g/mol. The number of anilines is 1. The van der Waals surface area contributed by atoms with Gasteiger partial charge >= 0.3 is 0 Å². The maximum Gasteiger partial charge on any atom is 0.261 e. The molecule has 0 aliphatic heterocycles. The molecule has 5 nitrogen and oxygen atoms in total. The molecule has 0 bridgehead atoms. The zero-order chi connectivity index (χ0) is 14.4. The van der Waals surface area contributed by atoms with E-state index < -0.39 is 5.82 Å². The van der Waals surface area contributed by atoms with Crippen molar-refractivity contribution in [3.8, 4) is 17.4 Å². The zero-order valence-electron chi connectivity index (χ0n) is 11.4. The van der Waals surface area contributed by atoms with Crippen molar-refractivity contribution in [2.45, 2.75) is 13.3 Å². The van der Waals surface area contributed by atoms with Crippen molar-refractivity contribution in [1.82, 2.24) is 9.97 Å². The van der Waals surface area contributed by atoms with Crippen LogP contribution in [0.15, 0.2) is 30.5 Å². The first kappa shape index (κ1) is 14.0. The molecule has 2 rings (SSSR count). The lowest BCUT2D eigenvalue weighted by Crippen LogP contribution is -2.06. The molecule has 0 aliphatic carbocycles. The number of methoxy groups -OCH3 is 1. The van der Waals surface area contributed by atoms with Gasteiger partial charge in [-0.15, -0.1) is 0 Å². The Bertz CT molecular complexity index is 578. The first-order chi connectivity index (χ1) is 9.74. The Hall–Kier alpha value is -2.37. The molecule has 0 atom stereocenters. The van der Waals surface area contributed by atoms with Crippen molar-refractivity contribution in [2.24, 2.45) is 0 Å². The minimum Gasteiger partial charge on any atom is -0.493 e. The molecular formula is C14H16FN3O2. The average Bonchev–Trinajstić information content (AvgIpc) is 2.48. The maximum atomic E-state index is 13.7. The Morgan fingerprint density at radius 2 is 2.00 bits per heavy atom. The van der Waals surface area contributed by atoms with Gasteiger partial charge in [0.15, 0.2) is 11.5 Å². The normalized spacial score (nSPS) is 10.2. The number of para-hydroxylation sites is 2. The highest BCUT2D eigenvalue weighted by Gasteiger charge is 2.12. The summed E-state index contributed by atoms with van der Waals surface area (Å²) in [7, 11) is 1.52. The lowest BCUT2D eigenvalue weighted by molar-refractivity contribution is 0.363. The summed E-state index contributed by atoms with van der Waals surface area (Å²) < 4.78 is 24.3. The van der Waals surface area contributed by atoms with Crippen molar-refractivity contribution in [3.63, 3.8) is 0 Å². The third kappa shape index (κ3) is 3.34. The van der Waals surface area contributed by atoms with Crippen LogP contribution in [0.5, 0.6) is 17.4 Å². The van der Waals surface area contributed by atoms with E-state index in [1.807, 2.05) is 6.92 Å². The van der Waals surface area contributed by atoms with Crippen LogP contribution in [0, 0.1) is 5.82 Å². The van der Waals surface area contributed by atoms with E-state index in [0.717, 1.165) is 12.6 Å². The number of nitrogens with zero attached hydrogens (tertiary/aromatic N) is 2. The number of aromatic nitrogens is 2. The van der Waals surface area contributed by atoms with Gasteiger partial charge in [-0.05, 0) is 18.6 Å². The third-order valence-electron chi connectivity index (χ3n) is 2.52. The Kier molecular flexibility index (Phi) is 4.70. The fraction of sp³-hybridized carbons (Fsp3) is 0.286. The fourth-order valence-electron chi connectivity index (χ4n) is 1.55. The van der Waals surface area contributed by atoms with E-state index in [-0.39, 0.29) is 5.88 Å². The molecule has 2 aromatic rings. The van der Waals surface area contributed by atoms with Gasteiger partial charge in [0.25, 0.3) is 5.88 Å². The lowest BCUT2D eigenvalue weighted by atomic mass is 10.3. The molecule has 0 aliphatic rings. The van der Waals surface area contributed by atoms with E-state index in [1.165, 1.54) is 7.11 Å². The number of hydrogen-bond donors (Lipinski definition) is 1. The van der Waals surface area contributed by atoms with Crippen LogP contribution in [0.25, 0.3) is 0 Å². The lowest BCUT2D eigenvalue weighted by Gasteiger charge is -2.10. The van der Waals surface area contributed by atoms with Gasteiger partial charge in [0, 0.05) is 6.54 Å². The SMILES string of the molecule is CCCNc1ncc(F)c(Oc2ccccc2OC)n1. The van der Waals surface area contributed by atoms with E-state index >= 15 is 0 Å². The first-order valence-corrected chi connectivity index (χ1v) is 6.32. The highest BCUT2D eigenvalue weighted by molar-refractivity contribution is 5.42. The Balaban J connectivity index is 2.23. The second-order valence-electron chi connectivity index (χ2n) is 4.03. The number of ether oxygens (including phenoxy) is 2. The Labute approximate surface area is 116 Å². The number of nitrogens with one attached hydrogen (secondary N) is 1. The zero-order valence-corrected chi connectivity index (χ0v) is 11.4. The number of halogens is 1.